The summed E-state index contributed by atoms with van der Waals surface area (Å²) in [4.78, 5) is 3.33. The van der Waals surface area contributed by atoms with E-state index in [9.17, 15) is 8.42 Å². The van der Waals surface area contributed by atoms with E-state index in [1.807, 2.05) is 13.0 Å². The summed E-state index contributed by atoms with van der Waals surface area (Å²) in [5.41, 5.74) is 0. The van der Waals surface area contributed by atoms with Gasteiger partial charge in [0.1, 0.15) is 4.21 Å². The van der Waals surface area contributed by atoms with Crippen molar-refractivity contribution in [1.29, 1.82) is 0 Å². The highest BCUT2D eigenvalue weighted by molar-refractivity contribution is 7.91. The first-order chi connectivity index (χ1) is 10.0. The van der Waals surface area contributed by atoms with Gasteiger partial charge in [0.2, 0.25) is 10.0 Å². The molecule has 122 valence electrons. The molecule has 0 aliphatic carbocycles. The fourth-order valence-corrected chi connectivity index (χ4v) is 4.41. The number of nitrogens with one attached hydrogen (secondary N) is 2. The lowest BCUT2D eigenvalue weighted by atomic mass is 10.4. The molecule has 0 saturated carbocycles. The second-order valence-corrected chi connectivity index (χ2v) is 7.94. The Morgan fingerprint density at radius 1 is 1.19 bits per heavy atom. The quantitative estimate of drug-likeness (QED) is 0.607. The van der Waals surface area contributed by atoms with Crippen LogP contribution in [0.5, 0.6) is 0 Å². The Morgan fingerprint density at radius 2 is 1.90 bits per heavy atom. The zero-order chi connectivity index (χ0) is 15.7. The van der Waals surface area contributed by atoms with Crippen molar-refractivity contribution in [2.45, 2.75) is 37.9 Å². The summed E-state index contributed by atoms with van der Waals surface area (Å²) in [5.74, 6) is 0. The van der Waals surface area contributed by atoms with Gasteiger partial charge in [0.25, 0.3) is 0 Å². The molecule has 0 bridgehead atoms. The smallest absolute Gasteiger partial charge is 0.250 e. The summed E-state index contributed by atoms with van der Waals surface area (Å²) in [6, 6.07) is 3.56. The Morgan fingerprint density at radius 3 is 2.52 bits per heavy atom. The molecule has 0 saturated heterocycles. The van der Waals surface area contributed by atoms with Crippen LogP contribution in [0.3, 0.4) is 0 Å². The van der Waals surface area contributed by atoms with E-state index in [1.54, 1.807) is 6.07 Å². The first kappa shape index (κ1) is 18.6. The van der Waals surface area contributed by atoms with E-state index in [2.05, 4.69) is 28.8 Å². The number of thiophene rings is 1. The summed E-state index contributed by atoms with van der Waals surface area (Å²) in [7, 11) is -3.35. The van der Waals surface area contributed by atoms with Crippen LogP contribution in [0.2, 0.25) is 0 Å². The molecule has 1 heterocycles. The van der Waals surface area contributed by atoms with Gasteiger partial charge in [-0.2, -0.15) is 0 Å². The lowest BCUT2D eigenvalue weighted by molar-refractivity contribution is 0.300. The van der Waals surface area contributed by atoms with Crippen molar-refractivity contribution in [2.24, 2.45) is 0 Å². The topological polar surface area (TPSA) is 61.4 Å². The van der Waals surface area contributed by atoms with E-state index in [4.69, 9.17) is 0 Å². The van der Waals surface area contributed by atoms with Crippen molar-refractivity contribution in [1.82, 2.24) is 14.9 Å². The third-order valence-corrected chi connectivity index (χ3v) is 6.33. The molecule has 0 unspecified atom stereocenters. The largest absolute Gasteiger partial charge is 0.312 e. The Kier molecular flexibility index (Phi) is 8.43. The van der Waals surface area contributed by atoms with Crippen molar-refractivity contribution < 1.29 is 8.42 Å². The predicted octanol–water partition coefficient (Wildman–Crippen LogP) is 1.87. The van der Waals surface area contributed by atoms with Gasteiger partial charge in [0, 0.05) is 18.0 Å². The van der Waals surface area contributed by atoms with Gasteiger partial charge in [-0.05, 0) is 44.7 Å². The van der Waals surface area contributed by atoms with Crippen LogP contribution in [-0.4, -0.2) is 46.0 Å². The lowest BCUT2D eigenvalue weighted by Gasteiger charge is -2.17. The van der Waals surface area contributed by atoms with E-state index in [1.165, 1.54) is 11.3 Å². The van der Waals surface area contributed by atoms with Crippen LogP contribution >= 0.6 is 11.3 Å². The van der Waals surface area contributed by atoms with Crippen molar-refractivity contribution in [3.05, 3.63) is 17.0 Å². The summed E-state index contributed by atoms with van der Waals surface area (Å²) in [5, 5.41) is 3.20. The van der Waals surface area contributed by atoms with Gasteiger partial charge in [-0.1, -0.05) is 20.8 Å². The SMILES string of the molecule is CCNCc1ccc(S(=O)(=O)NCCCN(CC)CC)s1. The third-order valence-electron chi connectivity index (χ3n) is 3.29. The zero-order valence-corrected chi connectivity index (χ0v) is 14.8. The van der Waals surface area contributed by atoms with Crippen LogP contribution in [0.1, 0.15) is 32.1 Å². The Bertz CT molecular complexity index is 496. The van der Waals surface area contributed by atoms with Gasteiger partial charge in [-0.3, -0.25) is 0 Å². The molecule has 0 aliphatic rings. The molecule has 2 N–H and O–H groups in total. The first-order valence-corrected chi connectivity index (χ1v) is 9.84. The van der Waals surface area contributed by atoms with Gasteiger partial charge in [-0.15, -0.1) is 11.3 Å². The third kappa shape index (κ3) is 6.44. The molecule has 21 heavy (non-hydrogen) atoms. The molecular formula is C14H27N3O2S2. The Balaban J connectivity index is 2.44. The van der Waals surface area contributed by atoms with Crippen LogP contribution < -0.4 is 10.0 Å². The maximum absolute atomic E-state index is 12.2. The highest BCUT2D eigenvalue weighted by Crippen LogP contribution is 2.21. The highest BCUT2D eigenvalue weighted by Gasteiger charge is 2.16. The summed E-state index contributed by atoms with van der Waals surface area (Å²) in [6.45, 7) is 11.3. The molecule has 1 rings (SSSR count). The van der Waals surface area contributed by atoms with E-state index < -0.39 is 10.0 Å². The number of hydrogen-bond donors (Lipinski definition) is 2. The van der Waals surface area contributed by atoms with Gasteiger partial charge in [-0.25, -0.2) is 13.1 Å². The van der Waals surface area contributed by atoms with Crippen molar-refractivity contribution in [3.8, 4) is 0 Å². The van der Waals surface area contributed by atoms with E-state index in [-0.39, 0.29) is 0 Å². The fourth-order valence-electron chi connectivity index (χ4n) is 1.97. The van der Waals surface area contributed by atoms with Crippen LogP contribution in [0.4, 0.5) is 0 Å². The lowest BCUT2D eigenvalue weighted by Crippen LogP contribution is -2.29. The zero-order valence-electron chi connectivity index (χ0n) is 13.2. The Hall–Kier alpha value is -0.470. The average Bonchev–Trinajstić information content (AvgIpc) is 2.95. The van der Waals surface area contributed by atoms with E-state index in [0.717, 1.165) is 44.0 Å². The summed E-state index contributed by atoms with van der Waals surface area (Å²) in [6.07, 6.45) is 0.830. The molecule has 1 aromatic rings. The Labute approximate surface area is 132 Å². The monoisotopic (exact) mass is 333 g/mol. The minimum atomic E-state index is -3.35. The highest BCUT2D eigenvalue weighted by atomic mass is 32.2. The van der Waals surface area contributed by atoms with E-state index >= 15 is 0 Å². The predicted molar refractivity (Wildman–Crippen MR) is 89.3 cm³/mol. The molecule has 0 spiro atoms. The van der Waals surface area contributed by atoms with Crippen LogP contribution in [-0.2, 0) is 16.6 Å². The molecule has 5 nitrogen and oxygen atoms in total. The molecule has 0 amide bonds. The standard InChI is InChI=1S/C14H27N3O2S2/c1-4-15-12-13-8-9-14(20-13)21(18,19)16-10-7-11-17(5-2)6-3/h8-9,15-16H,4-7,10-12H2,1-3H3. The van der Waals surface area contributed by atoms with Crippen molar-refractivity contribution in [2.75, 3.05) is 32.7 Å². The van der Waals surface area contributed by atoms with Crippen LogP contribution in [0, 0.1) is 0 Å². The van der Waals surface area contributed by atoms with Crippen molar-refractivity contribution in [3.63, 3.8) is 0 Å². The second kappa shape index (κ2) is 9.53. The molecule has 0 radical (unpaired) electrons. The fraction of sp³-hybridized carbons (Fsp3) is 0.714. The van der Waals surface area contributed by atoms with Crippen LogP contribution in [0.15, 0.2) is 16.3 Å². The molecule has 7 heteroatoms. The average molecular weight is 334 g/mol. The van der Waals surface area contributed by atoms with Gasteiger partial charge in [0.05, 0.1) is 0 Å². The molecule has 0 fully saturated rings. The summed E-state index contributed by atoms with van der Waals surface area (Å²) < 4.78 is 27.4. The normalized spacial score (nSPS) is 12.2. The second-order valence-electron chi connectivity index (χ2n) is 4.78. The maximum Gasteiger partial charge on any atom is 0.250 e. The molecule has 0 aromatic carbocycles. The first-order valence-electron chi connectivity index (χ1n) is 7.54. The molecule has 1 aromatic heterocycles. The number of rotatable bonds is 11. The van der Waals surface area contributed by atoms with Crippen molar-refractivity contribution >= 4 is 21.4 Å². The van der Waals surface area contributed by atoms with Gasteiger partial charge < -0.3 is 10.2 Å². The number of hydrogen-bond acceptors (Lipinski definition) is 5. The van der Waals surface area contributed by atoms with Gasteiger partial charge in [0.15, 0.2) is 0 Å². The number of sulfonamides is 1. The van der Waals surface area contributed by atoms with E-state index in [0.29, 0.717) is 10.8 Å². The minimum Gasteiger partial charge on any atom is -0.312 e. The minimum absolute atomic E-state index is 0.401. The summed E-state index contributed by atoms with van der Waals surface area (Å²) >= 11 is 1.33. The number of nitrogens with zero attached hydrogens (tertiary/aromatic N) is 1. The van der Waals surface area contributed by atoms with Crippen LogP contribution in [0.25, 0.3) is 0 Å². The molecule has 0 aliphatic heterocycles. The molecular weight excluding hydrogens is 306 g/mol. The molecule has 0 atom stereocenters. The van der Waals surface area contributed by atoms with Gasteiger partial charge >= 0.3 is 0 Å². The maximum atomic E-state index is 12.2.